The molecule has 0 bridgehead atoms. The van der Waals surface area contributed by atoms with Gasteiger partial charge in [-0.2, -0.15) is 4.31 Å². The fraction of sp³-hybridized carbons (Fsp3) is 0.348. The highest BCUT2D eigenvalue weighted by molar-refractivity contribution is 7.89. The quantitative estimate of drug-likeness (QED) is 0.550. The van der Waals surface area contributed by atoms with Gasteiger partial charge < -0.3 is 15.0 Å². The molecule has 0 saturated carbocycles. The van der Waals surface area contributed by atoms with Gasteiger partial charge in [-0.25, -0.2) is 13.4 Å². The molecule has 2 aromatic carbocycles. The van der Waals surface area contributed by atoms with Crippen molar-refractivity contribution in [3.05, 3.63) is 57.0 Å². The molecule has 1 atom stereocenters. The molecule has 0 radical (unpaired) electrons. The number of hydrogen-bond acceptors (Lipinski definition) is 7. The minimum absolute atomic E-state index is 0.0639. The fourth-order valence-corrected chi connectivity index (χ4v) is 7.01. The van der Waals surface area contributed by atoms with Crippen LogP contribution in [-0.2, 0) is 32.6 Å². The summed E-state index contributed by atoms with van der Waals surface area (Å²) in [6.07, 6.45) is 0.641. The molecule has 1 fully saturated rings. The van der Waals surface area contributed by atoms with Crippen LogP contribution in [0.4, 0.5) is 0 Å². The Morgan fingerprint density at radius 3 is 2.71 bits per heavy atom. The molecule has 0 spiro atoms. The smallest absolute Gasteiger partial charge is 0.283 e. The van der Waals surface area contributed by atoms with Gasteiger partial charge in [-0.1, -0.05) is 23.7 Å². The molecular weight excluding hydrogens is 512 g/mol. The van der Waals surface area contributed by atoms with Crippen molar-refractivity contribution in [3.63, 3.8) is 0 Å². The number of carbonyl (C=O) groups is 2. The summed E-state index contributed by atoms with van der Waals surface area (Å²) in [5, 5.41) is 4.98. The van der Waals surface area contributed by atoms with Crippen molar-refractivity contribution in [2.24, 2.45) is 0 Å². The van der Waals surface area contributed by atoms with Crippen LogP contribution in [-0.4, -0.2) is 73.8 Å². The van der Waals surface area contributed by atoms with E-state index in [-0.39, 0.29) is 30.4 Å². The van der Waals surface area contributed by atoms with E-state index in [9.17, 15) is 18.0 Å². The number of ether oxygens (including phenoxy) is 1. The normalized spacial score (nSPS) is 18.9. The van der Waals surface area contributed by atoms with Crippen molar-refractivity contribution in [1.82, 2.24) is 19.5 Å². The number of halogens is 1. The molecule has 5 rings (SSSR count). The number of fused-ring (bicyclic) bond motifs is 2. The monoisotopic (exact) mass is 534 g/mol. The number of piperazine rings is 1. The lowest BCUT2D eigenvalue weighted by atomic mass is 10.1. The van der Waals surface area contributed by atoms with Crippen molar-refractivity contribution in [2.75, 3.05) is 33.3 Å². The molecule has 1 unspecified atom stereocenters. The second-order valence-electron chi connectivity index (χ2n) is 8.34. The molecule has 3 aromatic rings. The molecule has 35 heavy (non-hydrogen) atoms. The third-order valence-corrected chi connectivity index (χ3v) is 9.40. The maximum Gasteiger partial charge on any atom is 0.283 e. The zero-order valence-electron chi connectivity index (χ0n) is 18.9. The van der Waals surface area contributed by atoms with Gasteiger partial charge in [0.25, 0.3) is 5.91 Å². The van der Waals surface area contributed by atoms with Gasteiger partial charge in [0.15, 0.2) is 5.01 Å². The molecule has 1 aromatic heterocycles. The van der Waals surface area contributed by atoms with E-state index in [0.717, 1.165) is 21.3 Å². The number of nitrogens with zero attached hydrogens (tertiary/aromatic N) is 3. The molecule has 2 amide bonds. The zero-order chi connectivity index (χ0) is 24.7. The van der Waals surface area contributed by atoms with Gasteiger partial charge >= 0.3 is 0 Å². The first-order chi connectivity index (χ1) is 16.8. The number of sulfonamides is 1. The molecule has 0 aliphatic carbocycles. The lowest BCUT2D eigenvalue weighted by molar-refractivity contribution is -0.126. The summed E-state index contributed by atoms with van der Waals surface area (Å²) >= 11 is 7.30. The van der Waals surface area contributed by atoms with Crippen LogP contribution in [0, 0.1) is 0 Å². The highest BCUT2D eigenvalue weighted by Crippen LogP contribution is 2.28. The number of amides is 2. The Labute approximate surface area is 211 Å². The van der Waals surface area contributed by atoms with E-state index in [2.05, 4.69) is 10.3 Å². The molecule has 1 N–H and O–H groups in total. The number of rotatable bonds is 4. The van der Waals surface area contributed by atoms with Crippen LogP contribution in [0.3, 0.4) is 0 Å². The molecule has 9 nitrogen and oxygen atoms in total. The summed E-state index contributed by atoms with van der Waals surface area (Å²) in [4.78, 5) is 33.0. The van der Waals surface area contributed by atoms with Gasteiger partial charge in [-0.05, 0) is 35.0 Å². The molecule has 2 aliphatic rings. The Hall–Kier alpha value is -2.57. The van der Waals surface area contributed by atoms with Crippen molar-refractivity contribution in [1.29, 1.82) is 0 Å². The Balaban J connectivity index is 1.41. The van der Waals surface area contributed by atoms with Crippen LogP contribution in [0.2, 0.25) is 5.02 Å². The Morgan fingerprint density at radius 2 is 1.94 bits per heavy atom. The molecule has 1 saturated heterocycles. The van der Waals surface area contributed by atoms with Gasteiger partial charge in [0.2, 0.25) is 15.9 Å². The van der Waals surface area contributed by atoms with Crippen LogP contribution >= 0.6 is 22.9 Å². The summed E-state index contributed by atoms with van der Waals surface area (Å²) in [6, 6.07) is 9.08. The summed E-state index contributed by atoms with van der Waals surface area (Å²) < 4.78 is 33.6. The van der Waals surface area contributed by atoms with Crippen molar-refractivity contribution in [2.45, 2.75) is 24.0 Å². The van der Waals surface area contributed by atoms with Crippen LogP contribution in [0.15, 0.2) is 41.3 Å². The van der Waals surface area contributed by atoms with Crippen molar-refractivity contribution >= 4 is 55.5 Å². The number of carbonyl (C=O) groups excluding carboxylic acids is 2. The molecule has 3 heterocycles. The van der Waals surface area contributed by atoms with E-state index in [1.807, 2.05) is 0 Å². The standard InChI is InChI=1S/C23H23ClN4O5S2/c1-25-21(29)19-12-27(35(31,32)17-5-3-14-10-16(24)4-2-15(14)11-17)7-8-28(19)23(30)22-26-18-6-9-33-13-20(18)34-22/h2-5,10-11,19H,6-9,12-13H2,1H3,(H,25,29). The minimum atomic E-state index is -3.90. The van der Waals surface area contributed by atoms with E-state index in [1.165, 1.54) is 33.7 Å². The summed E-state index contributed by atoms with van der Waals surface area (Å²) in [7, 11) is -2.44. The summed E-state index contributed by atoms with van der Waals surface area (Å²) in [6.45, 7) is 0.960. The number of likely N-dealkylation sites (N-methyl/N-ethyl adjacent to an activating group) is 1. The van der Waals surface area contributed by atoms with Gasteiger partial charge in [-0.15, -0.1) is 11.3 Å². The topological polar surface area (TPSA) is 109 Å². The number of thiazole rings is 1. The third-order valence-electron chi connectivity index (χ3n) is 6.24. The molecule has 12 heteroatoms. The third kappa shape index (κ3) is 4.54. The predicted molar refractivity (Wildman–Crippen MR) is 132 cm³/mol. The zero-order valence-corrected chi connectivity index (χ0v) is 21.3. The second kappa shape index (κ2) is 9.47. The lowest BCUT2D eigenvalue weighted by Crippen LogP contribution is -2.61. The summed E-state index contributed by atoms with van der Waals surface area (Å²) in [5.41, 5.74) is 0.847. The van der Waals surface area contributed by atoms with Gasteiger partial charge in [-0.3, -0.25) is 9.59 Å². The number of benzene rings is 2. The average molecular weight is 535 g/mol. The van der Waals surface area contributed by atoms with Gasteiger partial charge in [0.1, 0.15) is 6.04 Å². The number of nitrogens with one attached hydrogen (secondary N) is 1. The van der Waals surface area contributed by atoms with E-state index >= 15 is 0 Å². The Bertz CT molecular complexity index is 1400. The first kappa shape index (κ1) is 24.1. The van der Waals surface area contributed by atoms with Crippen LogP contribution in [0.5, 0.6) is 0 Å². The van der Waals surface area contributed by atoms with E-state index in [1.54, 1.807) is 30.3 Å². The Morgan fingerprint density at radius 1 is 1.17 bits per heavy atom. The van der Waals surface area contributed by atoms with E-state index in [4.69, 9.17) is 16.3 Å². The highest BCUT2D eigenvalue weighted by Gasteiger charge is 2.41. The first-order valence-electron chi connectivity index (χ1n) is 11.1. The maximum atomic E-state index is 13.5. The number of hydrogen-bond donors (Lipinski definition) is 1. The summed E-state index contributed by atoms with van der Waals surface area (Å²) in [5.74, 6) is -0.811. The van der Waals surface area contributed by atoms with Crippen LogP contribution in [0.1, 0.15) is 20.4 Å². The minimum Gasteiger partial charge on any atom is -0.375 e. The van der Waals surface area contributed by atoms with Gasteiger partial charge in [0.05, 0.1) is 28.7 Å². The van der Waals surface area contributed by atoms with Crippen molar-refractivity contribution < 1.29 is 22.7 Å². The van der Waals surface area contributed by atoms with Crippen LogP contribution < -0.4 is 5.32 Å². The largest absolute Gasteiger partial charge is 0.375 e. The predicted octanol–water partition coefficient (Wildman–Crippen LogP) is 2.28. The lowest BCUT2D eigenvalue weighted by Gasteiger charge is -2.39. The SMILES string of the molecule is CNC(=O)C1CN(S(=O)(=O)c2ccc3cc(Cl)ccc3c2)CCN1C(=O)c1nc2c(s1)COCC2. The molecule has 184 valence electrons. The van der Waals surface area contributed by atoms with Gasteiger partial charge in [0, 0.05) is 38.1 Å². The van der Waals surface area contributed by atoms with E-state index < -0.39 is 22.0 Å². The maximum absolute atomic E-state index is 13.5. The average Bonchev–Trinajstić information content (AvgIpc) is 3.31. The van der Waals surface area contributed by atoms with Crippen molar-refractivity contribution in [3.8, 4) is 0 Å². The fourth-order valence-electron chi connectivity index (χ4n) is 4.35. The second-order valence-corrected chi connectivity index (χ2v) is 11.8. The molecular formula is C23H23ClN4O5S2. The Kier molecular flexibility index (Phi) is 6.53. The highest BCUT2D eigenvalue weighted by atomic mass is 35.5. The van der Waals surface area contributed by atoms with Crippen LogP contribution in [0.25, 0.3) is 10.8 Å². The molecule has 2 aliphatic heterocycles. The number of aromatic nitrogens is 1. The van der Waals surface area contributed by atoms with E-state index in [0.29, 0.717) is 29.7 Å². The first-order valence-corrected chi connectivity index (χ1v) is 13.7.